The van der Waals surface area contributed by atoms with Gasteiger partial charge in [0.05, 0.1) is 0 Å². The first kappa shape index (κ1) is 12.2. The van der Waals surface area contributed by atoms with Crippen molar-refractivity contribution in [3.8, 4) is 0 Å². The zero-order valence-corrected chi connectivity index (χ0v) is 12.3. The Bertz CT molecular complexity index is 478. The van der Waals surface area contributed by atoms with Crippen LogP contribution in [0.15, 0.2) is 5.16 Å². The van der Waals surface area contributed by atoms with Crippen molar-refractivity contribution in [2.45, 2.75) is 73.9 Å². The van der Waals surface area contributed by atoms with E-state index in [1.54, 1.807) is 0 Å². The molecule has 4 nitrogen and oxygen atoms in total. The standard InChI is InChI=1S/C14H22N4S/c1-8-11(15)6-7-12(8)19-14-17-16-13(9-2-3-9)18(14)10-4-5-10/h8-12H,2-7,15H2,1H3. The number of rotatable bonds is 4. The lowest BCUT2D eigenvalue weighted by molar-refractivity contribution is 0.533. The molecule has 2 N–H and O–H groups in total. The van der Waals surface area contributed by atoms with Gasteiger partial charge in [-0.3, -0.25) is 0 Å². The Morgan fingerprint density at radius 2 is 1.89 bits per heavy atom. The van der Waals surface area contributed by atoms with Gasteiger partial charge in [0.2, 0.25) is 0 Å². The largest absolute Gasteiger partial charge is 0.327 e. The smallest absolute Gasteiger partial charge is 0.191 e. The summed E-state index contributed by atoms with van der Waals surface area (Å²) in [6.45, 7) is 2.29. The van der Waals surface area contributed by atoms with Crippen LogP contribution in [-0.4, -0.2) is 26.1 Å². The quantitative estimate of drug-likeness (QED) is 0.920. The number of hydrogen-bond donors (Lipinski definition) is 1. The summed E-state index contributed by atoms with van der Waals surface area (Å²) in [5.41, 5.74) is 6.14. The fourth-order valence-corrected chi connectivity index (χ4v) is 4.51. The summed E-state index contributed by atoms with van der Waals surface area (Å²) in [7, 11) is 0. The maximum atomic E-state index is 6.14. The van der Waals surface area contributed by atoms with Crippen LogP contribution < -0.4 is 5.73 Å². The predicted molar refractivity (Wildman–Crippen MR) is 76.3 cm³/mol. The third-order valence-corrected chi connectivity index (χ3v) is 6.31. The second-order valence-electron chi connectivity index (χ2n) is 6.47. The minimum absolute atomic E-state index is 0.373. The molecule has 0 aromatic carbocycles. The van der Waals surface area contributed by atoms with Gasteiger partial charge in [0.1, 0.15) is 5.82 Å². The lowest BCUT2D eigenvalue weighted by Crippen LogP contribution is -2.26. The molecule has 0 saturated heterocycles. The highest BCUT2D eigenvalue weighted by molar-refractivity contribution is 7.99. The van der Waals surface area contributed by atoms with Gasteiger partial charge in [-0.15, -0.1) is 10.2 Å². The molecule has 104 valence electrons. The lowest BCUT2D eigenvalue weighted by Gasteiger charge is -2.17. The first-order chi connectivity index (χ1) is 9.24. The topological polar surface area (TPSA) is 56.7 Å². The van der Waals surface area contributed by atoms with E-state index >= 15 is 0 Å². The fraction of sp³-hybridized carbons (Fsp3) is 0.857. The summed E-state index contributed by atoms with van der Waals surface area (Å²) >= 11 is 1.93. The van der Waals surface area contributed by atoms with E-state index in [2.05, 4.69) is 21.7 Å². The van der Waals surface area contributed by atoms with Crippen molar-refractivity contribution in [3.05, 3.63) is 5.82 Å². The molecule has 3 saturated carbocycles. The van der Waals surface area contributed by atoms with Crippen LogP contribution in [0.5, 0.6) is 0 Å². The SMILES string of the molecule is CC1C(N)CCC1Sc1nnc(C2CC2)n1C1CC1. The monoisotopic (exact) mass is 278 g/mol. The molecular weight excluding hydrogens is 256 g/mol. The molecular formula is C14H22N4S. The summed E-state index contributed by atoms with van der Waals surface area (Å²) in [4.78, 5) is 0. The minimum Gasteiger partial charge on any atom is -0.327 e. The number of aromatic nitrogens is 3. The minimum atomic E-state index is 0.373. The van der Waals surface area contributed by atoms with Crippen LogP contribution in [0.1, 0.15) is 63.2 Å². The molecule has 3 fully saturated rings. The van der Waals surface area contributed by atoms with Crippen molar-refractivity contribution < 1.29 is 0 Å². The van der Waals surface area contributed by atoms with Gasteiger partial charge in [0, 0.05) is 23.3 Å². The second-order valence-corrected chi connectivity index (χ2v) is 7.68. The van der Waals surface area contributed by atoms with E-state index < -0.39 is 0 Å². The molecule has 1 aromatic heterocycles. The van der Waals surface area contributed by atoms with Crippen LogP contribution in [0, 0.1) is 5.92 Å². The summed E-state index contributed by atoms with van der Waals surface area (Å²) in [6.07, 6.45) is 7.62. The molecule has 3 aliphatic carbocycles. The molecule has 0 spiro atoms. The zero-order chi connectivity index (χ0) is 13.0. The second kappa shape index (κ2) is 4.48. The van der Waals surface area contributed by atoms with Crippen LogP contribution in [0.3, 0.4) is 0 Å². The van der Waals surface area contributed by atoms with E-state index in [4.69, 9.17) is 5.73 Å². The molecule has 0 aliphatic heterocycles. The Hall–Kier alpha value is -0.550. The third-order valence-electron chi connectivity index (χ3n) is 4.85. The number of hydrogen-bond acceptors (Lipinski definition) is 4. The first-order valence-corrected chi connectivity index (χ1v) is 8.49. The molecule has 4 rings (SSSR count). The zero-order valence-electron chi connectivity index (χ0n) is 11.5. The predicted octanol–water partition coefficient (Wildman–Crippen LogP) is 2.71. The molecule has 3 atom stereocenters. The molecule has 0 bridgehead atoms. The van der Waals surface area contributed by atoms with Gasteiger partial charge in [-0.25, -0.2) is 0 Å². The van der Waals surface area contributed by atoms with Crippen LogP contribution in [0.2, 0.25) is 0 Å². The molecule has 3 unspecified atom stereocenters. The highest BCUT2D eigenvalue weighted by atomic mass is 32.2. The Labute approximate surface area is 118 Å². The molecule has 5 heteroatoms. The van der Waals surface area contributed by atoms with Gasteiger partial charge in [-0.2, -0.15) is 0 Å². The summed E-state index contributed by atoms with van der Waals surface area (Å²) in [6, 6.07) is 1.07. The number of nitrogens with zero attached hydrogens (tertiary/aromatic N) is 3. The van der Waals surface area contributed by atoms with E-state index in [0.29, 0.717) is 29.2 Å². The number of nitrogens with two attached hydrogens (primary N) is 1. The van der Waals surface area contributed by atoms with Crippen molar-refractivity contribution in [3.63, 3.8) is 0 Å². The van der Waals surface area contributed by atoms with E-state index in [0.717, 1.165) is 11.6 Å². The Kier molecular flexibility index (Phi) is 2.88. The Balaban J connectivity index is 1.57. The molecule has 0 radical (unpaired) electrons. The molecule has 19 heavy (non-hydrogen) atoms. The van der Waals surface area contributed by atoms with Gasteiger partial charge in [-0.1, -0.05) is 18.7 Å². The lowest BCUT2D eigenvalue weighted by atomic mass is 10.1. The normalized spacial score (nSPS) is 34.9. The molecule has 3 aliphatic rings. The summed E-state index contributed by atoms with van der Waals surface area (Å²) in [5, 5.41) is 10.8. The van der Waals surface area contributed by atoms with Crippen molar-refractivity contribution in [2.75, 3.05) is 0 Å². The van der Waals surface area contributed by atoms with Crippen molar-refractivity contribution in [1.29, 1.82) is 0 Å². The van der Waals surface area contributed by atoms with Gasteiger partial charge in [0.15, 0.2) is 5.16 Å². The van der Waals surface area contributed by atoms with Gasteiger partial charge in [0.25, 0.3) is 0 Å². The fourth-order valence-electron chi connectivity index (χ4n) is 3.12. The molecule has 1 heterocycles. The van der Waals surface area contributed by atoms with Crippen LogP contribution in [0.4, 0.5) is 0 Å². The van der Waals surface area contributed by atoms with Gasteiger partial charge >= 0.3 is 0 Å². The molecule has 1 aromatic rings. The maximum absolute atomic E-state index is 6.14. The van der Waals surface area contributed by atoms with Crippen LogP contribution in [-0.2, 0) is 0 Å². The highest BCUT2D eigenvalue weighted by Crippen LogP contribution is 2.47. The summed E-state index contributed by atoms with van der Waals surface area (Å²) in [5.74, 6) is 2.56. The van der Waals surface area contributed by atoms with Gasteiger partial charge in [-0.05, 0) is 44.4 Å². The van der Waals surface area contributed by atoms with E-state index in [9.17, 15) is 0 Å². The van der Waals surface area contributed by atoms with E-state index in [-0.39, 0.29) is 0 Å². The molecule has 0 amide bonds. The van der Waals surface area contributed by atoms with E-state index in [1.807, 2.05) is 11.8 Å². The van der Waals surface area contributed by atoms with Crippen LogP contribution >= 0.6 is 11.8 Å². The first-order valence-electron chi connectivity index (χ1n) is 7.61. The number of thioether (sulfide) groups is 1. The van der Waals surface area contributed by atoms with Crippen molar-refractivity contribution in [1.82, 2.24) is 14.8 Å². The average Bonchev–Trinajstić information content (AvgIpc) is 3.31. The highest BCUT2D eigenvalue weighted by Gasteiger charge is 2.38. The van der Waals surface area contributed by atoms with Crippen LogP contribution in [0.25, 0.3) is 0 Å². The third kappa shape index (κ3) is 2.21. The Morgan fingerprint density at radius 1 is 1.11 bits per heavy atom. The van der Waals surface area contributed by atoms with Gasteiger partial charge < -0.3 is 10.3 Å². The van der Waals surface area contributed by atoms with E-state index in [1.165, 1.54) is 37.9 Å². The van der Waals surface area contributed by atoms with Crippen molar-refractivity contribution in [2.24, 2.45) is 11.7 Å². The maximum Gasteiger partial charge on any atom is 0.191 e. The average molecular weight is 278 g/mol. The Morgan fingerprint density at radius 3 is 2.47 bits per heavy atom. The van der Waals surface area contributed by atoms with Crippen molar-refractivity contribution >= 4 is 11.8 Å². The summed E-state index contributed by atoms with van der Waals surface area (Å²) < 4.78 is 2.46.